The average Bonchev–Trinajstić information content (AvgIpc) is 3.68. The quantitative estimate of drug-likeness (QED) is 0.175. The zero-order chi connectivity index (χ0) is 41.2. The number of hydrogen-bond acceptors (Lipinski definition) is 4. The van der Waals surface area contributed by atoms with Crippen LogP contribution in [0.4, 0.5) is 0 Å². The van der Waals surface area contributed by atoms with Gasteiger partial charge in [0.2, 0.25) is 0 Å². The van der Waals surface area contributed by atoms with Crippen LogP contribution in [-0.2, 0) is 0 Å². The molecule has 2 aromatic heterocycles. The summed E-state index contributed by atoms with van der Waals surface area (Å²) in [5, 5.41) is 1.85. The molecular formula is C49H31N3O. The van der Waals surface area contributed by atoms with Crippen LogP contribution in [0, 0.1) is 0 Å². The smallest absolute Gasteiger partial charge is 0.164 e. The third-order valence-electron chi connectivity index (χ3n) is 9.41. The largest absolute Gasteiger partial charge is 0.456 e. The van der Waals surface area contributed by atoms with E-state index in [4.69, 9.17) is 27.6 Å². The maximum absolute atomic E-state index is 9.21. The molecule has 8 aromatic carbocycles. The first kappa shape index (κ1) is 24.1. The Kier molecular flexibility index (Phi) is 5.85. The van der Waals surface area contributed by atoms with Crippen molar-refractivity contribution in [2.45, 2.75) is 0 Å². The first-order valence-electron chi connectivity index (χ1n) is 20.7. The topological polar surface area (TPSA) is 51.8 Å². The molecule has 0 bridgehead atoms. The molecule has 0 spiro atoms. The van der Waals surface area contributed by atoms with Gasteiger partial charge in [-0.05, 0) is 74.5 Å². The van der Waals surface area contributed by atoms with Gasteiger partial charge in [-0.2, -0.15) is 0 Å². The number of furan rings is 1. The summed E-state index contributed by atoms with van der Waals surface area (Å²) in [4.78, 5) is 15.1. The van der Waals surface area contributed by atoms with Gasteiger partial charge in [-0.3, -0.25) is 0 Å². The molecule has 0 fully saturated rings. The molecule has 53 heavy (non-hydrogen) atoms. The molecule has 10 rings (SSSR count). The van der Waals surface area contributed by atoms with Crippen LogP contribution in [-0.4, -0.2) is 15.0 Å². The Balaban J connectivity index is 1.15. The first-order chi connectivity index (χ1) is 29.2. The lowest BCUT2D eigenvalue weighted by Gasteiger charge is -2.14. The molecule has 0 aliphatic heterocycles. The number of benzene rings is 8. The summed E-state index contributed by atoms with van der Waals surface area (Å²) < 4.78 is 66.8. The minimum absolute atomic E-state index is 0.0850. The molecule has 248 valence electrons. The number of hydrogen-bond donors (Lipinski definition) is 0. The van der Waals surface area contributed by atoms with Gasteiger partial charge in [0.25, 0.3) is 0 Å². The highest BCUT2D eigenvalue weighted by molar-refractivity contribution is 6.12. The van der Waals surface area contributed by atoms with Crippen LogP contribution in [0.3, 0.4) is 0 Å². The Morgan fingerprint density at radius 1 is 0.396 bits per heavy atom. The molecule has 0 unspecified atom stereocenters. The fraction of sp³-hybridized carbons (Fsp3) is 0. The second kappa shape index (κ2) is 12.9. The summed E-state index contributed by atoms with van der Waals surface area (Å²) in [7, 11) is 0. The van der Waals surface area contributed by atoms with E-state index in [2.05, 4.69) is 24.3 Å². The van der Waals surface area contributed by atoms with Gasteiger partial charge in [0, 0.05) is 27.5 Å². The fourth-order valence-corrected chi connectivity index (χ4v) is 6.83. The minimum Gasteiger partial charge on any atom is -0.456 e. The van der Waals surface area contributed by atoms with Gasteiger partial charge in [0.15, 0.2) is 17.5 Å². The van der Waals surface area contributed by atoms with Gasteiger partial charge in [0.1, 0.15) is 11.2 Å². The number of nitrogens with zero attached hydrogens (tertiary/aromatic N) is 3. The van der Waals surface area contributed by atoms with Crippen LogP contribution < -0.4 is 0 Å². The van der Waals surface area contributed by atoms with E-state index >= 15 is 0 Å². The van der Waals surface area contributed by atoms with Gasteiger partial charge < -0.3 is 4.42 Å². The molecule has 0 atom stereocenters. The number of aromatic nitrogens is 3. The van der Waals surface area contributed by atoms with Crippen molar-refractivity contribution in [2.24, 2.45) is 0 Å². The normalized spacial score (nSPS) is 13.2. The zero-order valence-electron chi connectivity index (χ0n) is 35.1. The summed E-state index contributed by atoms with van der Waals surface area (Å²) in [5.74, 6) is 1.33. The van der Waals surface area contributed by atoms with Crippen LogP contribution in [0.2, 0.25) is 0 Å². The molecule has 0 saturated carbocycles. The summed E-state index contributed by atoms with van der Waals surface area (Å²) in [5.41, 5.74) is 7.99. The molecule has 4 heteroatoms. The third kappa shape index (κ3) is 5.63. The lowest BCUT2D eigenvalue weighted by Crippen LogP contribution is -2.01. The average molecular weight is 685 g/mol. The van der Waals surface area contributed by atoms with E-state index < -0.39 is 24.2 Å². The number of rotatable bonds is 6. The number of fused-ring (bicyclic) bond motifs is 4. The first-order valence-corrected chi connectivity index (χ1v) is 17.2. The van der Waals surface area contributed by atoms with E-state index in [1.165, 1.54) is 0 Å². The van der Waals surface area contributed by atoms with Gasteiger partial charge in [-0.1, -0.05) is 158 Å². The molecule has 0 amide bonds. The van der Waals surface area contributed by atoms with Crippen molar-refractivity contribution in [3.63, 3.8) is 0 Å². The molecule has 10 aromatic rings. The molecule has 0 aliphatic rings. The second-order valence-corrected chi connectivity index (χ2v) is 12.7. The Bertz CT molecular complexity index is 3340. The van der Waals surface area contributed by atoms with Crippen LogP contribution in [0.15, 0.2) is 192 Å². The Hall–Kier alpha value is -7.17. The molecule has 0 aliphatic carbocycles. The van der Waals surface area contributed by atoms with Crippen LogP contribution in [0.5, 0.6) is 0 Å². The van der Waals surface area contributed by atoms with E-state index in [-0.39, 0.29) is 34.5 Å². The van der Waals surface area contributed by atoms with Crippen molar-refractivity contribution in [1.82, 2.24) is 15.0 Å². The Morgan fingerprint density at radius 2 is 1.00 bits per heavy atom. The van der Waals surface area contributed by atoms with E-state index in [9.17, 15) is 1.37 Å². The standard InChI is InChI=1S/C49H31N3O/c1-3-13-33(14-4-1)43-31-39(38-27-22-32-12-7-8-17-37(32)30-38)28-29-41(43)49-51-47(35-15-5-2-6-16-35)50-48(52-49)36-25-23-34(24-26-36)40-19-11-21-45-46(40)42-18-9-10-20-44(42)53-45/h1-31H/i7D,8D,12D,17D,22D,27D,30D. The predicted octanol–water partition coefficient (Wildman–Crippen LogP) is 12.9. The van der Waals surface area contributed by atoms with Crippen molar-refractivity contribution in [3.8, 4) is 67.5 Å². The molecular weight excluding hydrogens is 647 g/mol. The lowest BCUT2D eigenvalue weighted by molar-refractivity contribution is 0.669. The van der Waals surface area contributed by atoms with Crippen molar-refractivity contribution in [2.75, 3.05) is 0 Å². The van der Waals surface area contributed by atoms with E-state index in [1.807, 2.05) is 115 Å². The van der Waals surface area contributed by atoms with Crippen LogP contribution >= 0.6 is 0 Å². The van der Waals surface area contributed by atoms with Gasteiger partial charge in [0.05, 0.1) is 9.60 Å². The highest BCUT2D eigenvalue weighted by Gasteiger charge is 2.18. The monoisotopic (exact) mass is 684 g/mol. The summed E-state index contributed by atoms with van der Waals surface area (Å²) >= 11 is 0. The number of para-hydroxylation sites is 1. The fourth-order valence-electron chi connectivity index (χ4n) is 6.83. The molecule has 0 N–H and O–H groups in total. The van der Waals surface area contributed by atoms with Crippen LogP contribution in [0.1, 0.15) is 9.60 Å². The molecule has 2 heterocycles. The minimum atomic E-state index is -0.508. The summed E-state index contributed by atoms with van der Waals surface area (Å²) in [6.07, 6.45) is 0. The Morgan fingerprint density at radius 3 is 1.79 bits per heavy atom. The zero-order valence-corrected chi connectivity index (χ0v) is 28.1. The van der Waals surface area contributed by atoms with Crippen molar-refractivity contribution in [1.29, 1.82) is 0 Å². The van der Waals surface area contributed by atoms with Crippen molar-refractivity contribution < 1.29 is 14.0 Å². The van der Waals surface area contributed by atoms with Crippen molar-refractivity contribution >= 4 is 32.7 Å². The van der Waals surface area contributed by atoms with Crippen molar-refractivity contribution in [3.05, 3.63) is 188 Å². The maximum Gasteiger partial charge on any atom is 0.164 e. The van der Waals surface area contributed by atoms with E-state index in [0.29, 0.717) is 34.2 Å². The SMILES string of the molecule is [2H]c1c([2H])c([2H])c2c([2H])c(-c3ccc(-c4nc(-c5ccccc5)nc(-c5ccc(-c6cccc7oc8ccccc8c67)cc5)n4)c(-c4ccccc4)c3)c([2H])c([2H])c2c1[2H]. The van der Waals surface area contributed by atoms with E-state index in [0.717, 1.165) is 49.8 Å². The second-order valence-electron chi connectivity index (χ2n) is 12.7. The van der Waals surface area contributed by atoms with Gasteiger partial charge in [-0.15, -0.1) is 0 Å². The third-order valence-corrected chi connectivity index (χ3v) is 9.41. The predicted molar refractivity (Wildman–Crippen MR) is 217 cm³/mol. The maximum atomic E-state index is 9.21. The van der Waals surface area contributed by atoms with Gasteiger partial charge >= 0.3 is 0 Å². The van der Waals surface area contributed by atoms with Crippen LogP contribution in [0.25, 0.3) is 100 Å². The molecule has 0 radical (unpaired) electrons. The molecule has 0 saturated heterocycles. The summed E-state index contributed by atoms with van der Waals surface area (Å²) in [6, 6.07) is 44.1. The summed E-state index contributed by atoms with van der Waals surface area (Å²) in [6.45, 7) is 0. The van der Waals surface area contributed by atoms with Gasteiger partial charge in [-0.25, -0.2) is 15.0 Å². The lowest BCUT2D eigenvalue weighted by atomic mass is 9.93. The Labute approximate surface area is 316 Å². The molecule has 4 nitrogen and oxygen atoms in total. The highest BCUT2D eigenvalue weighted by atomic mass is 16.3. The highest BCUT2D eigenvalue weighted by Crippen LogP contribution is 2.39. The van der Waals surface area contributed by atoms with E-state index in [1.54, 1.807) is 6.07 Å².